The zero-order valence-corrected chi connectivity index (χ0v) is 16.7. The first-order chi connectivity index (χ1) is 13.4. The van der Waals surface area contributed by atoms with Crippen LogP contribution < -0.4 is 10.7 Å². The Bertz CT molecular complexity index is 1130. The summed E-state index contributed by atoms with van der Waals surface area (Å²) < 4.78 is 4.75. The minimum atomic E-state index is -0.773. The number of rotatable bonds is 5. The van der Waals surface area contributed by atoms with Gasteiger partial charge in [-0.1, -0.05) is 41.6 Å². The van der Waals surface area contributed by atoms with Crippen LogP contribution in [0.5, 0.6) is 0 Å². The number of benzene rings is 2. The van der Waals surface area contributed by atoms with Gasteiger partial charge in [0.2, 0.25) is 11.3 Å². The van der Waals surface area contributed by atoms with E-state index >= 15 is 0 Å². The Morgan fingerprint density at radius 2 is 1.96 bits per heavy atom. The number of halogens is 1. The molecule has 1 aromatic heterocycles. The highest BCUT2D eigenvalue weighted by Crippen LogP contribution is 2.24. The molecule has 3 rings (SSSR count). The van der Waals surface area contributed by atoms with E-state index in [-0.39, 0.29) is 27.6 Å². The summed E-state index contributed by atoms with van der Waals surface area (Å²) in [6.07, 6.45) is 0. The van der Waals surface area contributed by atoms with Gasteiger partial charge in [0.1, 0.15) is 5.56 Å². The van der Waals surface area contributed by atoms with Crippen molar-refractivity contribution in [3.63, 3.8) is 0 Å². The molecule has 0 aliphatic carbocycles. The Morgan fingerprint density at radius 3 is 2.68 bits per heavy atom. The molecule has 0 spiro atoms. The normalized spacial score (nSPS) is 10.7. The van der Waals surface area contributed by atoms with Crippen molar-refractivity contribution in [2.24, 2.45) is 0 Å². The Morgan fingerprint density at radius 1 is 1.21 bits per heavy atom. The first-order valence-corrected chi connectivity index (χ1v) is 9.69. The van der Waals surface area contributed by atoms with Crippen LogP contribution in [0.15, 0.2) is 52.3 Å². The highest BCUT2D eigenvalue weighted by molar-refractivity contribution is 8.00. The number of carbonyl (C=O) groups excluding carboxylic acids is 2. The number of amides is 1. The fourth-order valence-corrected chi connectivity index (χ4v) is 3.69. The number of ether oxygens (including phenoxy) is 1. The molecule has 0 saturated carbocycles. The summed E-state index contributed by atoms with van der Waals surface area (Å²) in [5.74, 6) is -1.02. The zero-order chi connectivity index (χ0) is 20.3. The van der Waals surface area contributed by atoms with Gasteiger partial charge in [0, 0.05) is 16.1 Å². The molecule has 0 aliphatic rings. The number of hydrogen-bond donors (Lipinski definition) is 2. The van der Waals surface area contributed by atoms with E-state index in [1.807, 2.05) is 25.1 Å². The Kier molecular flexibility index (Phi) is 6.06. The van der Waals surface area contributed by atoms with Crippen molar-refractivity contribution in [2.45, 2.75) is 11.9 Å². The second-order valence-electron chi connectivity index (χ2n) is 5.99. The second-order valence-corrected chi connectivity index (χ2v) is 7.41. The molecule has 3 aromatic rings. The number of aromatic nitrogens is 1. The van der Waals surface area contributed by atoms with Gasteiger partial charge in [-0.05, 0) is 36.8 Å². The second kappa shape index (κ2) is 8.50. The fourth-order valence-electron chi connectivity index (χ4n) is 2.67. The molecule has 2 aromatic carbocycles. The quantitative estimate of drug-likeness (QED) is 0.484. The Hall–Kier alpha value is -2.77. The van der Waals surface area contributed by atoms with Gasteiger partial charge in [-0.15, -0.1) is 0 Å². The lowest BCUT2D eigenvalue weighted by atomic mass is 10.1. The van der Waals surface area contributed by atoms with Crippen molar-refractivity contribution in [1.29, 1.82) is 0 Å². The Balaban J connectivity index is 1.90. The van der Waals surface area contributed by atoms with Crippen LogP contribution in [0, 0.1) is 6.92 Å². The number of aromatic amines is 1. The number of H-pyrrole nitrogens is 1. The molecule has 0 aliphatic heterocycles. The molecule has 0 fully saturated rings. The largest absolute Gasteiger partial charge is 0.465 e. The smallest absolute Gasteiger partial charge is 0.344 e. The highest BCUT2D eigenvalue weighted by atomic mass is 35.5. The average Bonchev–Trinajstić information content (AvgIpc) is 2.68. The number of methoxy groups -OCH3 is 1. The number of aryl methyl sites for hydroxylation is 1. The summed E-state index contributed by atoms with van der Waals surface area (Å²) in [7, 11) is 1.20. The van der Waals surface area contributed by atoms with Crippen molar-refractivity contribution >= 4 is 51.8 Å². The summed E-state index contributed by atoms with van der Waals surface area (Å²) in [6, 6.07) is 12.2. The monoisotopic (exact) mass is 416 g/mol. The van der Waals surface area contributed by atoms with Crippen LogP contribution in [0.3, 0.4) is 0 Å². The van der Waals surface area contributed by atoms with Gasteiger partial charge in [0.05, 0.1) is 23.4 Å². The number of carbonyl (C=O) groups is 2. The number of para-hydroxylation sites is 1. The van der Waals surface area contributed by atoms with E-state index in [2.05, 4.69) is 10.3 Å². The molecule has 0 atom stereocenters. The maximum Gasteiger partial charge on any atom is 0.344 e. The maximum atomic E-state index is 12.8. The highest BCUT2D eigenvalue weighted by Gasteiger charge is 2.21. The van der Waals surface area contributed by atoms with Gasteiger partial charge < -0.3 is 15.0 Å². The van der Waals surface area contributed by atoms with E-state index in [9.17, 15) is 14.4 Å². The van der Waals surface area contributed by atoms with Crippen LogP contribution in [-0.2, 0) is 9.53 Å². The summed E-state index contributed by atoms with van der Waals surface area (Å²) in [6.45, 7) is 1.89. The van der Waals surface area contributed by atoms with Gasteiger partial charge >= 0.3 is 5.97 Å². The molecule has 0 bridgehead atoms. The minimum absolute atomic E-state index is 0.00731. The minimum Gasteiger partial charge on any atom is -0.465 e. The van der Waals surface area contributed by atoms with Gasteiger partial charge in [0.25, 0.3) is 0 Å². The number of anilines is 1. The number of nitrogens with one attached hydrogen (secondary N) is 2. The first-order valence-electron chi connectivity index (χ1n) is 8.33. The van der Waals surface area contributed by atoms with Crippen LogP contribution in [-0.4, -0.2) is 29.7 Å². The summed E-state index contributed by atoms with van der Waals surface area (Å²) in [5, 5.41) is 3.75. The molecule has 8 heteroatoms. The maximum absolute atomic E-state index is 12.8. The zero-order valence-electron chi connectivity index (χ0n) is 15.2. The molecule has 0 saturated heterocycles. The van der Waals surface area contributed by atoms with Crippen LogP contribution >= 0.6 is 23.4 Å². The first kappa shape index (κ1) is 20.0. The van der Waals surface area contributed by atoms with Crippen LogP contribution in [0.25, 0.3) is 10.9 Å². The van der Waals surface area contributed by atoms with Crippen molar-refractivity contribution in [3.05, 3.63) is 68.8 Å². The van der Waals surface area contributed by atoms with E-state index in [1.54, 1.807) is 18.2 Å². The lowest BCUT2D eigenvalue weighted by molar-refractivity contribution is -0.113. The molecule has 28 heavy (non-hydrogen) atoms. The van der Waals surface area contributed by atoms with Gasteiger partial charge in [-0.3, -0.25) is 9.59 Å². The molecule has 0 radical (unpaired) electrons. The van der Waals surface area contributed by atoms with E-state index in [4.69, 9.17) is 16.3 Å². The number of pyridine rings is 1. The number of esters is 1. The molecule has 1 heterocycles. The predicted molar refractivity (Wildman–Crippen MR) is 111 cm³/mol. The third-order valence-corrected chi connectivity index (χ3v) is 5.32. The third kappa shape index (κ3) is 4.21. The van der Waals surface area contributed by atoms with E-state index in [1.165, 1.54) is 13.2 Å². The lowest BCUT2D eigenvalue weighted by Gasteiger charge is -2.11. The molecule has 144 valence electrons. The summed E-state index contributed by atoms with van der Waals surface area (Å²) >= 11 is 7.02. The fraction of sp³-hybridized carbons (Fsp3) is 0.150. The third-order valence-electron chi connectivity index (χ3n) is 4.08. The molecule has 1 amide bonds. The summed E-state index contributed by atoms with van der Waals surface area (Å²) in [4.78, 5) is 40.3. The molecule has 6 nitrogen and oxygen atoms in total. The van der Waals surface area contributed by atoms with Crippen molar-refractivity contribution in [2.75, 3.05) is 18.2 Å². The standard InChI is InChI=1S/C20H17ClN2O4S/c1-11-5-3-4-6-14(11)22-16(24)10-28-19-17(20(26)27-2)18(25)13-9-12(21)7-8-15(13)23-19/h3-9H,10H2,1-2H3,(H,22,24)(H,23,25). The topological polar surface area (TPSA) is 88.3 Å². The van der Waals surface area contributed by atoms with Crippen LogP contribution in [0.2, 0.25) is 5.02 Å². The van der Waals surface area contributed by atoms with Crippen molar-refractivity contribution in [1.82, 2.24) is 4.98 Å². The number of hydrogen-bond acceptors (Lipinski definition) is 5. The summed E-state index contributed by atoms with van der Waals surface area (Å²) in [5.41, 5.74) is 1.52. The van der Waals surface area contributed by atoms with Crippen LogP contribution in [0.1, 0.15) is 15.9 Å². The van der Waals surface area contributed by atoms with Gasteiger partial charge in [0.15, 0.2) is 0 Å². The van der Waals surface area contributed by atoms with Crippen LogP contribution in [0.4, 0.5) is 5.69 Å². The number of thioether (sulfide) groups is 1. The van der Waals surface area contributed by atoms with Crippen molar-refractivity contribution < 1.29 is 14.3 Å². The van der Waals surface area contributed by atoms with Gasteiger partial charge in [-0.25, -0.2) is 4.79 Å². The number of fused-ring (bicyclic) bond motifs is 1. The van der Waals surface area contributed by atoms with E-state index in [0.717, 1.165) is 17.3 Å². The van der Waals surface area contributed by atoms with Gasteiger partial charge in [-0.2, -0.15) is 0 Å². The molecule has 2 N–H and O–H groups in total. The molecular weight excluding hydrogens is 400 g/mol. The lowest BCUT2D eigenvalue weighted by Crippen LogP contribution is -2.20. The Labute approximate surface area is 170 Å². The van der Waals surface area contributed by atoms with Crippen molar-refractivity contribution in [3.8, 4) is 0 Å². The predicted octanol–water partition coefficient (Wildman–Crippen LogP) is 4.01. The van der Waals surface area contributed by atoms with E-state index < -0.39 is 11.4 Å². The SMILES string of the molecule is COC(=O)c1c(SCC(=O)Nc2ccccc2C)[nH]c2ccc(Cl)cc2c1=O. The van der Waals surface area contributed by atoms with E-state index in [0.29, 0.717) is 16.2 Å². The average molecular weight is 417 g/mol. The molecule has 0 unspecified atom stereocenters. The molecular formula is C20H17ClN2O4S.